The summed E-state index contributed by atoms with van der Waals surface area (Å²) in [5, 5.41) is 0. The fraction of sp³-hybridized carbons (Fsp3) is 0.429. The minimum atomic E-state index is -0.878. The van der Waals surface area contributed by atoms with Crippen LogP contribution < -0.4 is 4.74 Å². The molecule has 0 unspecified atom stereocenters. The van der Waals surface area contributed by atoms with Gasteiger partial charge in [0.05, 0.1) is 13.0 Å². The van der Waals surface area contributed by atoms with Gasteiger partial charge in [0.1, 0.15) is 5.82 Å². The van der Waals surface area contributed by atoms with E-state index in [0.29, 0.717) is 6.07 Å². The van der Waals surface area contributed by atoms with E-state index in [4.69, 9.17) is 9.47 Å². The lowest BCUT2D eigenvalue weighted by Gasteiger charge is -2.17. The zero-order valence-electron chi connectivity index (χ0n) is 11.9. The van der Waals surface area contributed by atoms with Crippen LogP contribution in [0.1, 0.15) is 13.3 Å². The number of likely N-dealkylation sites (N-methyl/N-ethyl adjacent to an activating group) is 1. The van der Waals surface area contributed by atoms with Gasteiger partial charge in [-0.3, -0.25) is 9.59 Å². The highest BCUT2D eigenvalue weighted by atomic mass is 19.1. The van der Waals surface area contributed by atoms with Gasteiger partial charge in [-0.25, -0.2) is 8.78 Å². The second kappa shape index (κ2) is 8.18. The molecule has 116 valence electrons. The second-order valence-corrected chi connectivity index (χ2v) is 4.23. The maximum absolute atomic E-state index is 13.3. The molecular formula is C14H17F2NO4. The van der Waals surface area contributed by atoms with E-state index in [-0.39, 0.29) is 25.3 Å². The summed E-state index contributed by atoms with van der Waals surface area (Å²) < 4.78 is 35.7. The minimum absolute atomic E-state index is 0.0704. The first-order valence-corrected chi connectivity index (χ1v) is 6.41. The van der Waals surface area contributed by atoms with Crippen LogP contribution in [0.5, 0.6) is 5.75 Å². The maximum Gasteiger partial charge on any atom is 0.307 e. The Labute approximate surface area is 121 Å². The fourth-order valence-electron chi connectivity index (χ4n) is 1.46. The Hall–Kier alpha value is -2.18. The number of esters is 1. The van der Waals surface area contributed by atoms with Crippen molar-refractivity contribution in [3.63, 3.8) is 0 Å². The standard InChI is InChI=1S/C14H17F2NO4/c1-3-20-14(19)6-7-17(2)13(18)9-21-12-5-4-10(15)8-11(12)16/h4-5,8H,3,6-7,9H2,1-2H3. The van der Waals surface area contributed by atoms with E-state index in [1.54, 1.807) is 6.92 Å². The molecule has 0 atom stereocenters. The van der Waals surface area contributed by atoms with Crippen LogP contribution in [0.2, 0.25) is 0 Å². The molecule has 0 N–H and O–H groups in total. The average molecular weight is 301 g/mol. The molecule has 5 nitrogen and oxygen atoms in total. The molecule has 7 heteroatoms. The molecule has 1 rings (SSSR count). The molecule has 0 aliphatic heterocycles. The molecule has 0 heterocycles. The number of rotatable bonds is 7. The summed E-state index contributed by atoms with van der Waals surface area (Å²) in [5.41, 5.74) is 0. The molecular weight excluding hydrogens is 284 g/mol. The number of ether oxygens (including phenoxy) is 2. The summed E-state index contributed by atoms with van der Waals surface area (Å²) in [5.74, 6) is -2.64. The van der Waals surface area contributed by atoms with E-state index in [0.717, 1.165) is 12.1 Å². The van der Waals surface area contributed by atoms with E-state index in [1.807, 2.05) is 0 Å². The molecule has 0 bridgehead atoms. The molecule has 0 aliphatic carbocycles. The van der Waals surface area contributed by atoms with E-state index in [2.05, 4.69) is 0 Å². The van der Waals surface area contributed by atoms with Crippen LogP contribution in [-0.2, 0) is 14.3 Å². The van der Waals surface area contributed by atoms with Gasteiger partial charge < -0.3 is 14.4 Å². The lowest BCUT2D eigenvalue weighted by atomic mass is 10.3. The highest BCUT2D eigenvalue weighted by Gasteiger charge is 2.13. The van der Waals surface area contributed by atoms with Crippen LogP contribution in [0.4, 0.5) is 8.78 Å². The largest absolute Gasteiger partial charge is 0.481 e. The van der Waals surface area contributed by atoms with Gasteiger partial charge >= 0.3 is 5.97 Å². The highest BCUT2D eigenvalue weighted by Crippen LogP contribution is 2.17. The van der Waals surface area contributed by atoms with Crippen LogP contribution in [0.3, 0.4) is 0 Å². The molecule has 0 saturated carbocycles. The molecule has 1 aromatic rings. The number of hydrogen-bond acceptors (Lipinski definition) is 4. The van der Waals surface area contributed by atoms with Crippen molar-refractivity contribution in [1.82, 2.24) is 4.90 Å². The quantitative estimate of drug-likeness (QED) is 0.720. The van der Waals surface area contributed by atoms with Crippen molar-refractivity contribution in [3.05, 3.63) is 29.8 Å². The Morgan fingerprint density at radius 2 is 2.00 bits per heavy atom. The number of benzene rings is 1. The lowest BCUT2D eigenvalue weighted by Crippen LogP contribution is -2.33. The third-order valence-electron chi connectivity index (χ3n) is 2.63. The van der Waals surface area contributed by atoms with Gasteiger partial charge in [-0.1, -0.05) is 0 Å². The van der Waals surface area contributed by atoms with Crippen LogP contribution >= 0.6 is 0 Å². The summed E-state index contributed by atoms with van der Waals surface area (Å²) in [6.45, 7) is 1.75. The first kappa shape index (κ1) is 16.9. The maximum atomic E-state index is 13.3. The molecule has 0 saturated heterocycles. The summed E-state index contributed by atoms with van der Waals surface area (Å²) in [4.78, 5) is 24.1. The van der Waals surface area contributed by atoms with Crippen LogP contribution in [0.25, 0.3) is 0 Å². The Morgan fingerprint density at radius 1 is 1.29 bits per heavy atom. The van der Waals surface area contributed by atoms with Crippen LogP contribution in [0.15, 0.2) is 18.2 Å². The predicted molar refractivity (Wildman–Crippen MR) is 70.7 cm³/mol. The molecule has 1 amide bonds. The fourth-order valence-corrected chi connectivity index (χ4v) is 1.46. The number of carbonyl (C=O) groups is 2. The number of carbonyl (C=O) groups excluding carboxylic acids is 2. The summed E-state index contributed by atoms with van der Waals surface area (Å²) in [6, 6.07) is 2.81. The van der Waals surface area contributed by atoms with E-state index >= 15 is 0 Å². The molecule has 21 heavy (non-hydrogen) atoms. The number of nitrogens with zero attached hydrogens (tertiary/aromatic N) is 1. The summed E-state index contributed by atoms with van der Waals surface area (Å²) in [7, 11) is 1.49. The monoisotopic (exact) mass is 301 g/mol. The zero-order chi connectivity index (χ0) is 15.8. The Kier molecular flexibility index (Phi) is 6.58. The third-order valence-corrected chi connectivity index (χ3v) is 2.63. The van der Waals surface area contributed by atoms with Gasteiger partial charge in [0.2, 0.25) is 0 Å². The Morgan fingerprint density at radius 3 is 2.62 bits per heavy atom. The van der Waals surface area contributed by atoms with Crippen molar-refractivity contribution in [1.29, 1.82) is 0 Å². The normalized spacial score (nSPS) is 10.1. The topological polar surface area (TPSA) is 55.8 Å². The molecule has 0 aliphatic rings. The van der Waals surface area contributed by atoms with Gasteiger partial charge in [-0.2, -0.15) is 0 Å². The molecule has 0 fully saturated rings. The molecule has 0 aromatic heterocycles. The van der Waals surface area contributed by atoms with Crippen molar-refractivity contribution in [2.75, 3.05) is 26.8 Å². The van der Waals surface area contributed by atoms with E-state index in [1.165, 1.54) is 11.9 Å². The smallest absolute Gasteiger partial charge is 0.307 e. The lowest BCUT2D eigenvalue weighted by molar-refractivity contribution is -0.144. The van der Waals surface area contributed by atoms with Crippen molar-refractivity contribution in [3.8, 4) is 5.75 Å². The zero-order valence-corrected chi connectivity index (χ0v) is 11.9. The first-order valence-electron chi connectivity index (χ1n) is 6.41. The van der Waals surface area contributed by atoms with Crippen LogP contribution in [-0.4, -0.2) is 43.6 Å². The van der Waals surface area contributed by atoms with Crippen molar-refractivity contribution >= 4 is 11.9 Å². The summed E-state index contributed by atoms with van der Waals surface area (Å²) in [6.07, 6.45) is 0.0704. The molecule has 1 aromatic carbocycles. The SMILES string of the molecule is CCOC(=O)CCN(C)C(=O)COc1ccc(F)cc1F. The molecule has 0 spiro atoms. The van der Waals surface area contributed by atoms with Gasteiger partial charge in [0.25, 0.3) is 5.91 Å². The highest BCUT2D eigenvalue weighted by molar-refractivity contribution is 5.78. The van der Waals surface area contributed by atoms with Gasteiger partial charge in [-0.15, -0.1) is 0 Å². The van der Waals surface area contributed by atoms with Crippen molar-refractivity contribution in [2.45, 2.75) is 13.3 Å². The summed E-state index contributed by atoms with van der Waals surface area (Å²) >= 11 is 0. The Bertz CT molecular complexity index is 508. The molecule has 0 radical (unpaired) electrons. The van der Waals surface area contributed by atoms with Crippen LogP contribution in [0, 0.1) is 11.6 Å². The Balaban J connectivity index is 2.40. The minimum Gasteiger partial charge on any atom is -0.481 e. The first-order chi connectivity index (χ1) is 9.93. The number of hydrogen-bond donors (Lipinski definition) is 0. The predicted octanol–water partition coefficient (Wildman–Crippen LogP) is 1.76. The van der Waals surface area contributed by atoms with Gasteiger partial charge in [0.15, 0.2) is 18.2 Å². The van der Waals surface area contributed by atoms with E-state index < -0.39 is 30.1 Å². The van der Waals surface area contributed by atoms with Gasteiger partial charge in [-0.05, 0) is 19.1 Å². The average Bonchev–Trinajstić information content (AvgIpc) is 2.43. The van der Waals surface area contributed by atoms with E-state index in [9.17, 15) is 18.4 Å². The number of halogens is 2. The van der Waals surface area contributed by atoms with Gasteiger partial charge in [0, 0.05) is 19.7 Å². The number of amides is 1. The third kappa shape index (κ3) is 5.76. The van der Waals surface area contributed by atoms with Crippen molar-refractivity contribution in [2.24, 2.45) is 0 Å². The van der Waals surface area contributed by atoms with Crippen molar-refractivity contribution < 1.29 is 27.8 Å². The second-order valence-electron chi connectivity index (χ2n) is 4.23.